The molecule has 5 heteroatoms. The van der Waals surface area contributed by atoms with E-state index in [1.807, 2.05) is 6.07 Å². The third-order valence-corrected chi connectivity index (χ3v) is 2.72. The van der Waals surface area contributed by atoms with Crippen molar-refractivity contribution in [2.24, 2.45) is 0 Å². The van der Waals surface area contributed by atoms with Crippen LogP contribution >= 0.6 is 0 Å². The number of aryl methyl sites for hydroxylation is 1. The van der Waals surface area contributed by atoms with Crippen LogP contribution in [-0.4, -0.2) is 23.6 Å². The van der Waals surface area contributed by atoms with Crippen LogP contribution in [0.2, 0.25) is 0 Å². The van der Waals surface area contributed by atoms with Crippen molar-refractivity contribution in [3.63, 3.8) is 0 Å². The van der Waals surface area contributed by atoms with Crippen molar-refractivity contribution < 1.29 is 19.4 Å². The van der Waals surface area contributed by atoms with Gasteiger partial charge in [-0.3, -0.25) is 9.59 Å². The summed E-state index contributed by atoms with van der Waals surface area (Å²) in [5, 5.41) is 11.3. The Morgan fingerprint density at radius 3 is 3.00 bits per heavy atom. The average molecular weight is 251 g/mol. The van der Waals surface area contributed by atoms with Crippen molar-refractivity contribution in [2.45, 2.75) is 32.8 Å². The molecule has 18 heavy (non-hydrogen) atoms. The molecule has 0 aromatic heterocycles. The first-order chi connectivity index (χ1) is 8.19. The fraction of sp³-hybridized carbons (Fsp3) is 0.385. The predicted molar refractivity (Wildman–Crippen MR) is 67.8 cm³/mol. The SMILES string of the molecule is C.O=CNc1ccc2c(c1)CCC(CC(=O)O)O2. The molecule has 1 aromatic rings. The lowest BCUT2D eigenvalue weighted by Gasteiger charge is -2.25. The Kier molecular flexibility index (Phi) is 4.71. The van der Waals surface area contributed by atoms with Crippen molar-refractivity contribution in [2.75, 3.05) is 5.32 Å². The maximum absolute atomic E-state index is 10.6. The number of hydrogen-bond acceptors (Lipinski definition) is 3. The minimum Gasteiger partial charge on any atom is -0.490 e. The number of rotatable bonds is 4. The third-order valence-electron chi connectivity index (χ3n) is 2.72. The van der Waals surface area contributed by atoms with Gasteiger partial charge < -0.3 is 15.2 Å². The Bertz CT molecular complexity index is 445. The zero-order chi connectivity index (χ0) is 12.3. The van der Waals surface area contributed by atoms with Crippen LogP contribution in [0.3, 0.4) is 0 Å². The molecule has 0 saturated heterocycles. The maximum Gasteiger partial charge on any atom is 0.307 e. The fourth-order valence-electron chi connectivity index (χ4n) is 1.94. The summed E-state index contributed by atoms with van der Waals surface area (Å²) in [5.74, 6) is -0.142. The highest BCUT2D eigenvalue weighted by molar-refractivity contribution is 5.72. The smallest absolute Gasteiger partial charge is 0.307 e. The van der Waals surface area contributed by atoms with Crippen LogP contribution in [0.5, 0.6) is 5.75 Å². The van der Waals surface area contributed by atoms with E-state index in [4.69, 9.17) is 9.84 Å². The number of fused-ring (bicyclic) bond motifs is 1. The van der Waals surface area contributed by atoms with E-state index in [0.717, 1.165) is 17.7 Å². The van der Waals surface area contributed by atoms with Crippen molar-refractivity contribution >= 4 is 18.1 Å². The van der Waals surface area contributed by atoms with Gasteiger partial charge in [0.05, 0.1) is 6.42 Å². The molecule has 1 heterocycles. The molecule has 5 nitrogen and oxygen atoms in total. The molecule has 0 fully saturated rings. The van der Waals surface area contributed by atoms with Gasteiger partial charge in [-0.1, -0.05) is 7.43 Å². The Labute approximate surface area is 106 Å². The molecule has 0 saturated carbocycles. The topological polar surface area (TPSA) is 75.6 Å². The van der Waals surface area contributed by atoms with Crippen LogP contribution in [0.4, 0.5) is 5.69 Å². The number of benzene rings is 1. The molecular formula is C13H17NO4. The van der Waals surface area contributed by atoms with Crippen molar-refractivity contribution in [1.29, 1.82) is 0 Å². The van der Waals surface area contributed by atoms with Crippen LogP contribution < -0.4 is 10.1 Å². The van der Waals surface area contributed by atoms with E-state index in [9.17, 15) is 9.59 Å². The molecule has 2 rings (SSSR count). The standard InChI is InChI=1S/C12H13NO4.CH4/c14-7-13-9-2-4-11-8(5-9)1-3-10(17-11)6-12(15)16;/h2,4-5,7,10H,1,3,6H2,(H,13,14)(H,15,16);1H4. The zero-order valence-electron chi connectivity index (χ0n) is 9.18. The minimum absolute atomic E-state index is 0. The lowest BCUT2D eigenvalue weighted by molar-refractivity contribution is -0.139. The molecule has 98 valence electrons. The van der Waals surface area contributed by atoms with E-state index in [1.165, 1.54) is 0 Å². The summed E-state index contributed by atoms with van der Waals surface area (Å²) in [4.78, 5) is 20.9. The molecule has 1 atom stereocenters. The van der Waals surface area contributed by atoms with Gasteiger partial charge in [-0.15, -0.1) is 0 Å². The van der Waals surface area contributed by atoms with E-state index >= 15 is 0 Å². The van der Waals surface area contributed by atoms with Crippen LogP contribution in [0.1, 0.15) is 25.8 Å². The zero-order valence-corrected chi connectivity index (χ0v) is 9.18. The number of anilines is 1. The summed E-state index contributed by atoms with van der Waals surface area (Å²) in [6.45, 7) is 0. The number of carboxylic acids is 1. The molecule has 0 aliphatic carbocycles. The summed E-state index contributed by atoms with van der Waals surface area (Å²) in [6.07, 6.45) is 1.84. The second-order valence-electron chi connectivity index (χ2n) is 3.96. The average Bonchev–Trinajstić information content (AvgIpc) is 2.29. The monoisotopic (exact) mass is 251 g/mol. The first kappa shape index (κ1) is 14.0. The number of carbonyl (C=O) groups excluding carboxylic acids is 1. The normalized spacial score (nSPS) is 16.8. The van der Waals surface area contributed by atoms with E-state index in [0.29, 0.717) is 18.6 Å². The largest absolute Gasteiger partial charge is 0.490 e. The molecule has 1 aliphatic heterocycles. The first-order valence-corrected chi connectivity index (χ1v) is 5.40. The Balaban J connectivity index is 0.00000162. The number of carbonyl (C=O) groups is 2. The van der Waals surface area contributed by atoms with Crippen LogP contribution in [-0.2, 0) is 16.0 Å². The number of nitrogens with one attached hydrogen (secondary N) is 1. The van der Waals surface area contributed by atoms with Gasteiger partial charge in [0.15, 0.2) is 0 Å². The van der Waals surface area contributed by atoms with E-state index in [-0.39, 0.29) is 20.0 Å². The first-order valence-electron chi connectivity index (χ1n) is 5.40. The van der Waals surface area contributed by atoms with Gasteiger partial charge in [-0.05, 0) is 36.6 Å². The number of amides is 1. The molecule has 1 amide bonds. The molecular weight excluding hydrogens is 234 g/mol. The quantitative estimate of drug-likeness (QED) is 0.803. The van der Waals surface area contributed by atoms with Gasteiger partial charge in [-0.25, -0.2) is 0 Å². The van der Waals surface area contributed by atoms with E-state index in [1.54, 1.807) is 12.1 Å². The molecule has 0 bridgehead atoms. The predicted octanol–water partition coefficient (Wildman–Crippen LogP) is 2.06. The maximum atomic E-state index is 10.6. The van der Waals surface area contributed by atoms with Crippen LogP contribution in [0.15, 0.2) is 18.2 Å². The molecule has 2 N–H and O–H groups in total. The second kappa shape index (κ2) is 6.05. The lowest BCUT2D eigenvalue weighted by atomic mass is 10.00. The summed E-state index contributed by atoms with van der Waals surface area (Å²) < 4.78 is 5.58. The second-order valence-corrected chi connectivity index (χ2v) is 3.96. The summed E-state index contributed by atoms with van der Waals surface area (Å²) >= 11 is 0. The Morgan fingerprint density at radius 1 is 1.56 bits per heavy atom. The fourth-order valence-corrected chi connectivity index (χ4v) is 1.94. The highest BCUT2D eigenvalue weighted by Crippen LogP contribution is 2.30. The minimum atomic E-state index is -0.849. The third kappa shape index (κ3) is 3.23. The number of hydrogen-bond donors (Lipinski definition) is 2. The lowest BCUT2D eigenvalue weighted by Crippen LogP contribution is -2.25. The molecule has 0 spiro atoms. The molecule has 1 unspecified atom stereocenters. The summed E-state index contributed by atoms with van der Waals surface area (Å²) in [7, 11) is 0. The highest BCUT2D eigenvalue weighted by Gasteiger charge is 2.22. The van der Waals surface area contributed by atoms with Crippen molar-refractivity contribution in [3.8, 4) is 5.75 Å². The number of aliphatic carboxylic acids is 1. The van der Waals surface area contributed by atoms with Gasteiger partial charge in [0, 0.05) is 5.69 Å². The van der Waals surface area contributed by atoms with E-state index in [2.05, 4.69) is 5.32 Å². The van der Waals surface area contributed by atoms with Gasteiger partial charge in [0.25, 0.3) is 0 Å². The van der Waals surface area contributed by atoms with Gasteiger partial charge >= 0.3 is 5.97 Å². The molecule has 0 radical (unpaired) electrons. The van der Waals surface area contributed by atoms with Crippen molar-refractivity contribution in [1.82, 2.24) is 0 Å². The highest BCUT2D eigenvalue weighted by atomic mass is 16.5. The Morgan fingerprint density at radius 2 is 2.33 bits per heavy atom. The van der Waals surface area contributed by atoms with Gasteiger partial charge in [0.2, 0.25) is 6.41 Å². The molecule has 1 aromatic carbocycles. The van der Waals surface area contributed by atoms with Gasteiger partial charge in [-0.2, -0.15) is 0 Å². The molecule has 1 aliphatic rings. The number of carboxylic acid groups (broad SMARTS) is 1. The Hall–Kier alpha value is -2.04. The summed E-state index contributed by atoms with van der Waals surface area (Å²) in [5.41, 5.74) is 1.72. The van der Waals surface area contributed by atoms with Crippen LogP contribution in [0.25, 0.3) is 0 Å². The number of ether oxygens (including phenoxy) is 1. The summed E-state index contributed by atoms with van der Waals surface area (Å²) in [6, 6.07) is 5.34. The van der Waals surface area contributed by atoms with E-state index < -0.39 is 5.97 Å². The van der Waals surface area contributed by atoms with Crippen LogP contribution in [0, 0.1) is 0 Å². The van der Waals surface area contributed by atoms with Crippen molar-refractivity contribution in [3.05, 3.63) is 23.8 Å². The van der Waals surface area contributed by atoms with Gasteiger partial charge in [0.1, 0.15) is 11.9 Å².